The third-order valence-electron chi connectivity index (χ3n) is 4.38. The van der Waals surface area contributed by atoms with Crippen LogP contribution in [0, 0.1) is 13.8 Å². The van der Waals surface area contributed by atoms with E-state index >= 15 is 0 Å². The molecular formula is C24H21BrN2O4. The number of benzene rings is 3. The van der Waals surface area contributed by atoms with Crippen molar-refractivity contribution in [3.05, 3.63) is 93.5 Å². The van der Waals surface area contributed by atoms with Crippen LogP contribution in [0.15, 0.2) is 76.3 Å². The first kappa shape index (κ1) is 22.2. The van der Waals surface area contributed by atoms with Crippen molar-refractivity contribution in [1.82, 2.24) is 5.43 Å². The van der Waals surface area contributed by atoms with Crippen LogP contribution in [0.5, 0.6) is 11.5 Å². The van der Waals surface area contributed by atoms with E-state index in [2.05, 4.69) is 26.5 Å². The SMILES string of the molecule is Cc1ccccc1OCC(=O)N/N=C\c1cc(Br)ccc1OC(=O)c1ccccc1C. The number of hydrogen-bond donors (Lipinski definition) is 1. The van der Waals surface area contributed by atoms with Crippen LogP contribution in [-0.2, 0) is 4.79 Å². The van der Waals surface area contributed by atoms with Gasteiger partial charge in [-0.2, -0.15) is 5.10 Å². The largest absolute Gasteiger partial charge is 0.483 e. The summed E-state index contributed by atoms with van der Waals surface area (Å²) in [7, 11) is 0. The summed E-state index contributed by atoms with van der Waals surface area (Å²) in [5.41, 5.74) is 5.18. The molecule has 0 unspecified atom stereocenters. The van der Waals surface area contributed by atoms with E-state index in [1.165, 1.54) is 6.21 Å². The van der Waals surface area contributed by atoms with Gasteiger partial charge in [-0.25, -0.2) is 10.2 Å². The molecule has 0 aliphatic rings. The van der Waals surface area contributed by atoms with E-state index in [-0.39, 0.29) is 6.61 Å². The predicted molar refractivity (Wildman–Crippen MR) is 123 cm³/mol. The van der Waals surface area contributed by atoms with E-state index < -0.39 is 11.9 Å². The number of hydrazone groups is 1. The number of rotatable bonds is 7. The molecule has 0 radical (unpaired) electrons. The van der Waals surface area contributed by atoms with Crippen molar-refractivity contribution in [3.8, 4) is 11.5 Å². The first-order chi connectivity index (χ1) is 14.9. The summed E-state index contributed by atoms with van der Waals surface area (Å²) in [4.78, 5) is 24.6. The smallest absolute Gasteiger partial charge is 0.343 e. The van der Waals surface area contributed by atoms with Crippen LogP contribution in [0.25, 0.3) is 0 Å². The molecule has 0 fully saturated rings. The Morgan fingerprint density at radius 1 is 0.968 bits per heavy atom. The average Bonchev–Trinajstić information content (AvgIpc) is 2.75. The number of nitrogens with zero attached hydrogens (tertiary/aromatic N) is 1. The lowest BCUT2D eigenvalue weighted by molar-refractivity contribution is -0.123. The number of amides is 1. The van der Waals surface area contributed by atoms with Gasteiger partial charge in [0.1, 0.15) is 11.5 Å². The number of aryl methyl sites for hydroxylation is 2. The van der Waals surface area contributed by atoms with Gasteiger partial charge in [0.05, 0.1) is 11.8 Å². The predicted octanol–water partition coefficient (Wildman–Crippen LogP) is 4.81. The molecule has 31 heavy (non-hydrogen) atoms. The molecule has 7 heteroatoms. The topological polar surface area (TPSA) is 77.0 Å². The number of hydrogen-bond acceptors (Lipinski definition) is 5. The summed E-state index contributed by atoms with van der Waals surface area (Å²) in [6.45, 7) is 3.57. The normalized spacial score (nSPS) is 10.7. The van der Waals surface area contributed by atoms with E-state index in [0.717, 1.165) is 15.6 Å². The molecule has 0 aromatic heterocycles. The maximum Gasteiger partial charge on any atom is 0.343 e. The van der Waals surface area contributed by atoms with Gasteiger partial charge in [-0.05, 0) is 55.3 Å². The van der Waals surface area contributed by atoms with Gasteiger partial charge in [0.2, 0.25) is 0 Å². The second-order valence-electron chi connectivity index (χ2n) is 6.73. The minimum Gasteiger partial charge on any atom is -0.483 e. The van der Waals surface area contributed by atoms with Gasteiger partial charge in [0, 0.05) is 10.0 Å². The Morgan fingerprint density at radius 3 is 2.42 bits per heavy atom. The Morgan fingerprint density at radius 2 is 1.68 bits per heavy atom. The Bertz CT molecular complexity index is 1130. The Kier molecular flexibility index (Phi) is 7.56. The molecule has 1 amide bonds. The molecular weight excluding hydrogens is 460 g/mol. The Balaban J connectivity index is 1.64. The molecule has 0 aliphatic heterocycles. The summed E-state index contributed by atoms with van der Waals surface area (Å²) in [6, 6.07) is 19.8. The second kappa shape index (κ2) is 10.5. The Hall–Kier alpha value is -3.45. The summed E-state index contributed by atoms with van der Waals surface area (Å²) < 4.78 is 11.8. The lowest BCUT2D eigenvalue weighted by Crippen LogP contribution is -2.24. The van der Waals surface area contributed by atoms with E-state index in [0.29, 0.717) is 22.6 Å². The van der Waals surface area contributed by atoms with Crippen molar-refractivity contribution in [2.75, 3.05) is 6.61 Å². The number of ether oxygens (including phenoxy) is 2. The summed E-state index contributed by atoms with van der Waals surface area (Å²) in [6.07, 6.45) is 1.41. The quantitative estimate of drug-likeness (QED) is 0.227. The fraction of sp³-hybridized carbons (Fsp3) is 0.125. The fourth-order valence-corrected chi connectivity index (χ4v) is 3.12. The third-order valence-corrected chi connectivity index (χ3v) is 4.88. The van der Waals surface area contributed by atoms with Crippen molar-refractivity contribution < 1.29 is 19.1 Å². The molecule has 0 saturated heterocycles. The van der Waals surface area contributed by atoms with E-state index in [1.807, 2.05) is 44.2 Å². The zero-order valence-corrected chi connectivity index (χ0v) is 18.7. The Labute approximate surface area is 189 Å². The van der Waals surface area contributed by atoms with E-state index in [1.54, 1.807) is 36.4 Å². The number of nitrogens with one attached hydrogen (secondary N) is 1. The van der Waals surface area contributed by atoms with Crippen LogP contribution in [0.4, 0.5) is 0 Å². The molecule has 158 valence electrons. The molecule has 0 bridgehead atoms. The lowest BCUT2D eigenvalue weighted by atomic mass is 10.1. The lowest BCUT2D eigenvalue weighted by Gasteiger charge is -2.10. The molecule has 6 nitrogen and oxygen atoms in total. The maximum absolute atomic E-state index is 12.5. The number of carbonyl (C=O) groups excluding carboxylic acids is 2. The average molecular weight is 481 g/mol. The van der Waals surface area contributed by atoms with Crippen molar-refractivity contribution in [2.24, 2.45) is 5.10 Å². The van der Waals surface area contributed by atoms with Crippen LogP contribution in [-0.4, -0.2) is 24.7 Å². The van der Waals surface area contributed by atoms with E-state index in [9.17, 15) is 9.59 Å². The van der Waals surface area contributed by atoms with Crippen LogP contribution in [0.3, 0.4) is 0 Å². The van der Waals surface area contributed by atoms with Crippen LogP contribution >= 0.6 is 15.9 Å². The minimum absolute atomic E-state index is 0.171. The monoisotopic (exact) mass is 480 g/mol. The highest BCUT2D eigenvalue weighted by Crippen LogP contribution is 2.23. The molecule has 0 aliphatic carbocycles. The molecule has 1 N–H and O–H groups in total. The second-order valence-corrected chi connectivity index (χ2v) is 7.65. The highest BCUT2D eigenvalue weighted by Gasteiger charge is 2.13. The maximum atomic E-state index is 12.5. The highest BCUT2D eigenvalue weighted by atomic mass is 79.9. The van der Waals surface area contributed by atoms with Crippen molar-refractivity contribution in [3.63, 3.8) is 0 Å². The van der Waals surface area contributed by atoms with Gasteiger partial charge < -0.3 is 9.47 Å². The number of esters is 1. The molecule has 3 aromatic rings. The fourth-order valence-electron chi connectivity index (χ4n) is 2.74. The zero-order chi connectivity index (χ0) is 22.2. The van der Waals surface area contributed by atoms with Gasteiger partial charge in [-0.1, -0.05) is 52.3 Å². The standard InChI is InChI=1S/C24H21BrN2O4/c1-16-7-3-5-9-20(16)24(29)31-22-12-11-19(25)13-18(22)14-26-27-23(28)15-30-21-10-6-4-8-17(21)2/h3-14H,15H2,1-2H3,(H,27,28)/b26-14-. The van der Waals surface area contributed by atoms with Crippen LogP contribution < -0.4 is 14.9 Å². The highest BCUT2D eigenvalue weighted by molar-refractivity contribution is 9.10. The van der Waals surface area contributed by atoms with Gasteiger partial charge in [0.25, 0.3) is 5.91 Å². The van der Waals surface area contributed by atoms with Crippen LogP contribution in [0.1, 0.15) is 27.0 Å². The summed E-state index contributed by atoms with van der Waals surface area (Å²) in [5, 5.41) is 3.96. The van der Waals surface area contributed by atoms with Crippen LogP contribution in [0.2, 0.25) is 0 Å². The number of carbonyl (C=O) groups is 2. The van der Waals surface area contributed by atoms with Crippen molar-refractivity contribution in [2.45, 2.75) is 13.8 Å². The van der Waals surface area contributed by atoms with Gasteiger partial charge in [-0.3, -0.25) is 4.79 Å². The van der Waals surface area contributed by atoms with Gasteiger partial charge in [-0.15, -0.1) is 0 Å². The molecule has 0 spiro atoms. The summed E-state index contributed by atoms with van der Waals surface area (Å²) >= 11 is 3.39. The molecule has 3 aromatic carbocycles. The van der Waals surface area contributed by atoms with Gasteiger partial charge in [0.15, 0.2) is 6.61 Å². The number of halogens is 1. The van der Waals surface area contributed by atoms with Gasteiger partial charge >= 0.3 is 5.97 Å². The number of para-hydroxylation sites is 1. The van der Waals surface area contributed by atoms with Crippen molar-refractivity contribution in [1.29, 1.82) is 0 Å². The zero-order valence-electron chi connectivity index (χ0n) is 17.1. The molecule has 3 rings (SSSR count). The molecule has 0 atom stereocenters. The molecule has 0 heterocycles. The molecule has 0 saturated carbocycles. The summed E-state index contributed by atoms with van der Waals surface area (Å²) in [5.74, 6) is 0.0864. The first-order valence-electron chi connectivity index (χ1n) is 9.52. The third kappa shape index (κ3) is 6.26. The minimum atomic E-state index is -0.467. The van der Waals surface area contributed by atoms with E-state index in [4.69, 9.17) is 9.47 Å². The first-order valence-corrected chi connectivity index (χ1v) is 10.3. The van der Waals surface area contributed by atoms with Crippen molar-refractivity contribution >= 4 is 34.0 Å².